The Bertz CT molecular complexity index is 934. The third kappa shape index (κ3) is 3.48. The van der Waals surface area contributed by atoms with Gasteiger partial charge in [-0.25, -0.2) is 9.97 Å². The fraction of sp³-hybridized carbons (Fsp3) is 0.316. The molecule has 3 aromatic rings. The molecule has 0 atom stereocenters. The summed E-state index contributed by atoms with van der Waals surface area (Å²) in [7, 11) is 0. The zero-order chi connectivity index (χ0) is 17.9. The number of thiazole rings is 1. The number of amides is 1. The Hall–Kier alpha value is -2.67. The van der Waals surface area contributed by atoms with Crippen molar-refractivity contribution in [1.29, 1.82) is 0 Å². The number of benzene rings is 1. The van der Waals surface area contributed by atoms with Crippen molar-refractivity contribution in [3.8, 4) is 10.4 Å². The molecule has 0 saturated heterocycles. The van der Waals surface area contributed by atoms with Crippen molar-refractivity contribution in [3.63, 3.8) is 0 Å². The normalized spacial score (nSPS) is 20.0. The molecule has 1 fully saturated rings. The molecule has 1 aromatic carbocycles. The van der Waals surface area contributed by atoms with Crippen molar-refractivity contribution in [2.24, 2.45) is 11.8 Å². The van der Waals surface area contributed by atoms with Crippen LogP contribution in [0.25, 0.3) is 21.3 Å². The third-order valence-corrected chi connectivity index (χ3v) is 5.69. The molecule has 132 valence electrons. The van der Waals surface area contributed by atoms with Gasteiger partial charge in [-0.1, -0.05) is 12.1 Å². The Kier molecular flexibility index (Phi) is 4.71. The zero-order valence-electron chi connectivity index (χ0n) is 14.1. The highest BCUT2D eigenvalue weighted by Gasteiger charge is 2.26. The van der Waals surface area contributed by atoms with E-state index >= 15 is 0 Å². The van der Waals surface area contributed by atoms with E-state index in [0.717, 1.165) is 53.3 Å². The Morgan fingerprint density at radius 3 is 2.77 bits per heavy atom. The molecule has 2 aromatic heterocycles. The van der Waals surface area contributed by atoms with Crippen LogP contribution in [0.15, 0.2) is 36.1 Å². The molecule has 1 amide bonds. The highest BCUT2D eigenvalue weighted by molar-refractivity contribution is 7.13. The van der Waals surface area contributed by atoms with E-state index < -0.39 is 0 Å². The number of hydrogen-bond acceptors (Lipinski definition) is 6. The molecular weight excluding hydrogens is 348 g/mol. The van der Waals surface area contributed by atoms with Gasteiger partial charge in [0.15, 0.2) is 0 Å². The second kappa shape index (κ2) is 7.29. The largest absolute Gasteiger partial charge is 0.303 e. The van der Waals surface area contributed by atoms with Gasteiger partial charge in [0.05, 0.1) is 15.9 Å². The molecule has 0 aliphatic heterocycles. The highest BCUT2D eigenvalue weighted by atomic mass is 32.1. The standard InChI is InChI=1S/C19H18N4O2S/c24-10-12-1-3-13(4-2-12)18(25)23-19-21-8-15-6-5-14(7-16(15)22-19)17-9-20-11-26-17/h5-13H,1-4H2,(H,21,22,23,25)/t12-,13-. The fourth-order valence-corrected chi connectivity index (χ4v) is 3.94. The second-order valence-corrected chi connectivity index (χ2v) is 7.46. The van der Waals surface area contributed by atoms with Crippen molar-refractivity contribution in [1.82, 2.24) is 15.0 Å². The lowest BCUT2D eigenvalue weighted by molar-refractivity contribution is -0.122. The Balaban J connectivity index is 1.51. The Morgan fingerprint density at radius 1 is 1.19 bits per heavy atom. The van der Waals surface area contributed by atoms with Gasteiger partial charge in [-0.15, -0.1) is 11.3 Å². The monoisotopic (exact) mass is 366 g/mol. The summed E-state index contributed by atoms with van der Waals surface area (Å²) >= 11 is 1.57. The number of aldehydes is 1. The molecule has 1 N–H and O–H groups in total. The number of rotatable bonds is 4. The number of anilines is 1. The van der Waals surface area contributed by atoms with Gasteiger partial charge in [0.1, 0.15) is 6.29 Å². The van der Waals surface area contributed by atoms with E-state index in [1.807, 2.05) is 24.4 Å². The second-order valence-electron chi connectivity index (χ2n) is 6.57. The molecule has 1 aliphatic carbocycles. The Morgan fingerprint density at radius 2 is 2.04 bits per heavy atom. The summed E-state index contributed by atoms with van der Waals surface area (Å²) in [6.07, 6.45) is 7.57. The van der Waals surface area contributed by atoms with Crippen molar-refractivity contribution in [2.75, 3.05) is 5.32 Å². The summed E-state index contributed by atoms with van der Waals surface area (Å²) in [5.74, 6) is 0.281. The molecule has 0 bridgehead atoms. The van der Waals surface area contributed by atoms with Crippen LogP contribution in [0.1, 0.15) is 25.7 Å². The average molecular weight is 366 g/mol. The van der Waals surface area contributed by atoms with Gasteiger partial charge in [-0.2, -0.15) is 0 Å². The molecule has 26 heavy (non-hydrogen) atoms. The minimum Gasteiger partial charge on any atom is -0.303 e. The van der Waals surface area contributed by atoms with E-state index in [2.05, 4.69) is 20.3 Å². The molecule has 0 unspecified atom stereocenters. The summed E-state index contributed by atoms with van der Waals surface area (Å²) in [5, 5.41) is 3.75. The lowest BCUT2D eigenvalue weighted by Gasteiger charge is -2.24. The van der Waals surface area contributed by atoms with Crippen LogP contribution in [0.5, 0.6) is 0 Å². The number of carbonyl (C=O) groups is 2. The topological polar surface area (TPSA) is 84.8 Å². The van der Waals surface area contributed by atoms with Crippen LogP contribution in [0.4, 0.5) is 5.95 Å². The first-order valence-corrected chi connectivity index (χ1v) is 9.53. The van der Waals surface area contributed by atoms with Crippen molar-refractivity contribution in [3.05, 3.63) is 36.1 Å². The van der Waals surface area contributed by atoms with Crippen molar-refractivity contribution >= 4 is 40.4 Å². The predicted molar refractivity (Wildman–Crippen MR) is 101 cm³/mol. The first-order valence-electron chi connectivity index (χ1n) is 8.65. The molecule has 2 heterocycles. The van der Waals surface area contributed by atoms with E-state index in [0.29, 0.717) is 5.95 Å². The minimum absolute atomic E-state index is 0.0627. The van der Waals surface area contributed by atoms with Gasteiger partial charge >= 0.3 is 0 Å². The van der Waals surface area contributed by atoms with Gasteiger partial charge < -0.3 is 4.79 Å². The first-order chi connectivity index (χ1) is 12.7. The molecule has 1 saturated carbocycles. The number of nitrogens with zero attached hydrogens (tertiary/aromatic N) is 3. The maximum Gasteiger partial charge on any atom is 0.229 e. The van der Waals surface area contributed by atoms with E-state index in [1.165, 1.54) is 0 Å². The molecule has 7 heteroatoms. The Labute approximate surface area is 154 Å². The van der Waals surface area contributed by atoms with Crippen LogP contribution in [0.3, 0.4) is 0 Å². The summed E-state index contributed by atoms with van der Waals surface area (Å²) in [6.45, 7) is 0. The maximum absolute atomic E-state index is 12.5. The summed E-state index contributed by atoms with van der Waals surface area (Å²) in [6, 6.07) is 5.97. The quantitative estimate of drug-likeness (QED) is 0.712. The van der Waals surface area contributed by atoms with Gasteiger partial charge in [0, 0.05) is 29.6 Å². The van der Waals surface area contributed by atoms with Crippen LogP contribution in [-0.2, 0) is 9.59 Å². The number of carbonyl (C=O) groups excluding carboxylic acids is 2. The maximum atomic E-state index is 12.5. The molecule has 0 radical (unpaired) electrons. The van der Waals surface area contributed by atoms with Crippen LogP contribution >= 0.6 is 11.3 Å². The van der Waals surface area contributed by atoms with E-state index in [9.17, 15) is 9.59 Å². The number of aromatic nitrogens is 3. The van der Waals surface area contributed by atoms with Crippen LogP contribution in [-0.4, -0.2) is 27.1 Å². The van der Waals surface area contributed by atoms with Crippen molar-refractivity contribution in [2.45, 2.75) is 25.7 Å². The predicted octanol–water partition coefficient (Wildman–Crippen LogP) is 3.70. The minimum atomic E-state index is -0.0750. The summed E-state index contributed by atoms with van der Waals surface area (Å²) in [5.41, 5.74) is 3.62. The molecule has 0 spiro atoms. The molecule has 4 rings (SSSR count). The van der Waals surface area contributed by atoms with E-state index in [-0.39, 0.29) is 17.7 Å². The number of hydrogen-bond donors (Lipinski definition) is 1. The van der Waals surface area contributed by atoms with E-state index in [1.54, 1.807) is 23.0 Å². The van der Waals surface area contributed by atoms with Crippen LogP contribution < -0.4 is 5.32 Å². The lowest BCUT2D eigenvalue weighted by Crippen LogP contribution is -2.28. The summed E-state index contributed by atoms with van der Waals surface area (Å²) < 4.78 is 0. The lowest BCUT2D eigenvalue weighted by atomic mass is 9.82. The van der Waals surface area contributed by atoms with Gasteiger partial charge in [0.2, 0.25) is 11.9 Å². The smallest absolute Gasteiger partial charge is 0.229 e. The average Bonchev–Trinajstić information content (AvgIpc) is 3.22. The van der Waals surface area contributed by atoms with Gasteiger partial charge in [-0.3, -0.25) is 15.1 Å². The van der Waals surface area contributed by atoms with Gasteiger partial charge in [-0.05, 0) is 37.3 Å². The molecular formula is C19H18N4O2S. The van der Waals surface area contributed by atoms with Crippen LogP contribution in [0, 0.1) is 11.8 Å². The number of fused-ring (bicyclic) bond motifs is 1. The zero-order valence-corrected chi connectivity index (χ0v) is 14.9. The van der Waals surface area contributed by atoms with Gasteiger partial charge in [0.25, 0.3) is 0 Å². The first kappa shape index (κ1) is 16.8. The summed E-state index contributed by atoms with van der Waals surface area (Å²) in [4.78, 5) is 37.2. The van der Waals surface area contributed by atoms with Crippen LogP contribution in [0.2, 0.25) is 0 Å². The number of nitrogens with one attached hydrogen (secondary N) is 1. The highest BCUT2D eigenvalue weighted by Crippen LogP contribution is 2.29. The SMILES string of the molecule is O=C[C@H]1CC[C@H](C(=O)Nc2ncc3ccc(-c4cncs4)cc3n2)CC1. The molecule has 1 aliphatic rings. The third-order valence-electron chi connectivity index (χ3n) is 4.87. The van der Waals surface area contributed by atoms with Crippen molar-refractivity contribution < 1.29 is 9.59 Å². The van der Waals surface area contributed by atoms with E-state index in [4.69, 9.17) is 0 Å². The molecule has 6 nitrogen and oxygen atoms in total. The fourth-order valence-electron chi connectivity index (χ4n) is 3.32.